The third kappa shape index (κ3) is 3.96. The average Bonchev–Trinajstić information content (AvgIpc) is 2.25. The summed E-state index contributed by atoms with van der Waals surface area (Å²) in [4.78, 5) is 0. The Hall–Kier alpha value is -1.46. The van der Waals surface area contributed by atoms with E-state index in [0.29, 0.717) is 12.8 Å². The maximum absolute atomic E-state index is 9.86. The minimum Gasteiger partial charge on any atom is -0.491 e. The van der Waals surface area contributed by atoms with Gasteiger partial charge in [0.1, 0.15) is 5.75 Å². The van der Waals surface area contributed by atoms with Gasteiger partial charge in [0, 0.05) is 6.42 Å². The van der Waals surface area contributed by atoms with Crippen LogP contribution in [0.3, 0.4) is 0 Å². The van der Waals surface area contributed by atoms with Crippen LogP contribution in [0.5, 0.6) is 5.75 Å². The van der Waals surface area contributed by atoms with Crippen LogP contribution in [0, 0.1) is 12.3 Å². The highest BCUT2D eigenvalue weighted by Crippen LogP contribution is 2.23. The molecule has 0 heterocycles. The molecule has 0 spiro atoms. The fraction of sp³-hybridized carbons (Fsp3) is 0.429. The standard InChI is InChI=1S/C14H18O2/c1-4-5-9-14(15)12-7-6-8-13(10-12)16-11(2)3/h1,6-8,10-11,14-15H,5,9H2,2-3H3. The van der Waals surface area contributed by atoms with E-state index in [2.05, 4.69) is 5.92 Å². The van der Waals surface area contributed by atoms with Gasteiger partial charge in [0.05, 0.1) is 12.2 Å². The molecule has 2 nitrogen and oxygen atoms in total. The average molecular weight is 218 g/mol. The van der Waals surface area contributed by atoms with E-state index in [0.717, 1.165) is 11.3 Å². The van der Waals surface area contributed by atoms with E-state index in [4.69, 9.17) is 11.2 Å². The molecule has 1 aromatic carbocycles. The summed E-state index contributed by atoms with van der Waals surface area (Å²) >= 11 is 0. The van der Waals surface area contributed by atoms with E-state index < -0.39 is 6.10 Å². The summed E-state index contributed by atoms with van der Waals surface area (Å²) in [5.74, 6) is 3.31. The molecular weight excluding hydrogens is 200 g/mol. The Labute approximate surface area is 97.3 Å². The summed E-state index contributed by atoms with van der Waals surface area (Å²) in [6.07, 6.45) is 5.96. The molecule has 16 heavy (non-hydrogen) atoms. The van der Waals surface area contributed by atoms with Crippen molar-refractivity contribution in [1.29, 1.82) is 0 Å². The number of terminal acetylenes is 1. The Morgan fingerprint density at radius 2 is 2.19 bits per heavy atom. The predicted octanol–water partition coefficient (Wildman–Crippen LogP) is 2.92. The van der Waals surface area contributed by atoms with Crippen LogP contribution < -0.4 is 4.74 Å². The van der Waals surface area contributed by atoms with Crippen molar-refractivity contribution < 1.29 is 9.84 Å². The monoisotopic (exact) mass is 218 g/mol. The van der Waals surface area contributed by atoms with Crippen molar-refractivity contribution in [2.75, 3.05) is 0 Å². The van der Waals surface area contributed by atoms with E-state index >= 15 is 0 Å². The normalized spacial score (nSPS) is 12.2. The van der Waals surface area contributed by atoms with Gasteiger partial charge in [0.15, 0.2) is 0 Å². The zero-order chi connectivity index (χ0) is 12.0. The molecule has 2 heteroatoms. The van der Waals surface area contributed by atoms with Gasteiger partial charge in [-0.05, 0) is 38.0 Å². The maximum Gasteiger partial charge on any atom is 0.120 e. The van der Waals surface area contributed by atoms with Crippen LogP contribution >= 0.6 is 0 Å². The fourth-order valence-corrected chi connectivity index (χ4v) is 1.45. The molecule has 1 aromatic rings. The molecule has 1 rings (SSSR count). The Bertz CT molecular complexity index is 363. The molecule has 0 aliphatic carbocycles. The lowest BCUT2D eigenvalue weighted by Crippen LogP contribution is -2.06. The molecule has 0 fully saturated rings. The van der Waals surface area contributed by atoms with Crippen LogP contribution in [0.15, 0.2) is 24.3 Å². The quantitative estimate of drug-likeness (QED) is 0.770. The minimum absolute atomic E-state index is 0.137. The lowest BCUT2D eigenvalue weighted by molar-refractivity contribution is 0.168. The second-order valence-electron chi connectivity index (χ2n) is 4.00. The first-order chi connectivity index (χ1) is 7.63. The third-order valence-electron chi connectivity index (χ3n) is 2.18. The van der Waals surface area contributed by atoms with E-state index in [1.807, 2.05) is 38.1 Å². The molecule has 1 atom stereocenters. The molecule has 0 aromatic heterocycles. The number of aliphatic hydroxyl groups is 1. The molecule has 0 aliphatic rings. The van der Waals surface area contributed by atoms with Gasteiger partial charge in [0.2, 0.25) is 0 Å². The van der Waals surface area contributed by atoms with Crippen LogP contribution in [-0.4, -0.2) is 11.2 Å². The molecule has 0 amide bonds. The lowest BCUT2D eigenvalue weighted by Gasteiger charge is -2.13. The largest absolute Gasteiger partial charge is 0.491 e. The number of hydrogen-bond donors (Lipinski definition) is 1. The van der Waals surface area contributed by atoms with Crippen LogP contribution in [0.1, 0.15) is 38.4 Å². The van der Waals surface area contributed by atoms with Gasteiger partial charge < -0.3 is 9.84 Å². The van der Waals surface area contributed by atoms with Crippen molar-refractivity contribution in [2.24, 2.45) is 0 Å². The van der Waals surface area contributed by atoms with Crippen LogP contribution in [-0.2, 0) is 0 Å². The van der Waals surface area contributed by atoms with Crippen molar-refractivity contribution >= 4 is 0 Å². The molecule has 0 radical (unpaired) electrons. The van der Waals surface area contributed by atoms with Crippen LogP contribution in [0.4, 0.5) is 0 Å². The third-order valence-corrected chi connectivity index (χ3v) is 2.18. The van der Waals surface area contributed by atoms with Crippen molar-refractivity contribution in [1.82, 2.24) is 0 Å². The van der Waals surface area contributed by atoms with Gasteiger partial charge in [-0.1, -0.05) is 12.1 Å². The summed E-state index contributed by atoms with van der Waals surface area (Å²) in [6, 6.07) is 7.51. The van der Waals surface area contributed by atoms with Crippen LogP contribution in [0.2, 0.25) is 0 Å². The minimum atomic E-state index is -0.508. The Balaban J connectivity index is 2.70. The highest BCUT2D eigenvalue weighted by atomic mass is 16.5. The van der Waals surface area contributed by atoms with Gasteiger partial charge in [-0.3, -0.25) is 0 Å². The predicted molar refractivity (Wildman–Crippen MR) is 65.2 cm³/mol. The Kier molecular flexibility index (Phi) is 4.88. The zero-order valence-electron chi connectivity index (χ0n) is 9.81. The van der Waals surface area contributed by atoms with Gasteiger partial charge in [-0.2, -0.15) is 0 Å². The van der Waals surface area contributed by atoms with Gasteiger partial charge >= 0.3 is 0 Å². The second kappa shape index (κ2) is 6.19. The van der Waals surface area contributed by atoms with Crippen molar-refractivity contribution in [3.8, 4) is 18.1 Å². The molecule has 0 saturated heterocycles. The van der Waals surface area contributed by atoms with E-state index in [1.165, 1.54) is 0 Å². The topological polar surface area (TPSA) is 29.5 Å². The van der Waals surface area contributed by atoms with E-state index in [1.54, 1.807) is 0 Å². The fourth-order valence-electron chi connectivity index (χ4n) is 1.45. The number of rotatable bonds is 5. The molecule has 1 N–H and O–H groups in total. The number of hydrogen-bond acceptors (Lipinski definition) is 2. The summed E-state index contributed by atoms with van der Waals surface area (Å²) in [7, 11) is 0. The number of aliphatic hydroxyl groups excluding tert-OH is 1. The first-order valence-electron chi connectivity index (χ1n) is 5.51. The summed E-state index contributed by atoms with van der Waals surface area (Å²) in [5.41, 5.74) is 0.855. The highest BCUT2D eigenvalue weighted by Gasteiger charge is 2.08. The highest BCUT2D eigenvalue weighted by molar-refractivity contribution is 5.30. The molecule has 1 unspecified atom stereocenters. The van der Waals surface area contributed by atoms with E-state index in [9.17, 15) is 5.11 Å². The number of benzene rings is 1. The molecule has 0 saturated carbocycles. The summed E-state index contributed by atoms with van der Waals surface area (Å²) < 4.78 is 5.56. The Morgan fingerprint density at radius 3 is 2.81 bits per heavy atom. The first-order valence-corrected chi connectivity index (χ1v) is 5.51. The maximum atomic E-state index is 9.86. The first kappa shape index (κ1) is 12.6. The molecular formula is C14H18O2. The second-order valence-corrected chi connectivity index (χ2v) is 4.00. The SMILES string of the molecule is C#CCCC(O)c1cccc(OC(C)C)c1. The molecule has 0 aliphatic heterocycles. The van der Waals surface area contributed by atoms with Crippen LogP contribution in [0.25, 0.3) is 0 Å². The lowest BCUT2D eigenvalue weighted by atomic mass is 10.0. The van der Waals surface area contributed by atoms with Crippen molar-refractivity contribution in [3.05, 3.63) is 29.8 Å². The molecule has 0 bridgehead atoms. The van der Waals surface area contributed by atoms with Gasteiger partial charge in [0.25, 0.3) is 0 Å². The van der Waals surface area contributed by atoms with Gasteiger partial charge in [-0.15, -0.1) is 12.3 Å². The van der Waals surface area contributed by atoms with E-state index in [-0.39, 0.29) is 6.10 Å². The Morgan fingerprint density at radius 1 is 1.44 bits per heavy atom. The summed E-state index contributed by atoms with van der Waals surface area (Å²) in [5, 5.41) is 9.86. The summed E-state index contributed by atoms with van der Waals surface area (Å²) in [6.45, 7) is 3.95. The smallest absolute Gasteiger partial charge is 0.120 e. The van der Waals surface area contributed by atoms with Crippen molar-refractivity contribution in [2.45, 2.75) is 38.9 Å². The van der Waals surface area contributed by atoms with Gasteiger partial charge in [-0.25, -0.2) is 0 Å². The zero-order valence-corrected chi connectivity index (χ0v) is 9.81. The number of ether oxygens (including phenoxy) is 1. The van der Waals surface area contributed by atoms with Crippen molar-refractivity contribution in [3.63, 3.8) is 0 Å². The molecule has 86 valence electrons.